The SMILES string of the molecule is CCNC(CS(=O)(=O)CC1(CC(=O)OC)CC1)C(C)C. The van der Waals surface area contributed by atoms with Gasteiger partial charge in [0.1, 0.15) is 0 Å². The van der Waals surface area contributed by atoms with Crippen LogP contribution in [0.3, 0.4) is 0 Å². The van der Waals surface area contributed by atoms with Crippen LogP contribution in [0.25, 0.3) is 0 Å². The Morgan fingerprint density at radius 3 is 2.35 bits per heavy atom. The fraction of sp³-hybridized carbons (Fsp3) is 0.929. The number of ether oxygens (including phenoxy) is 1. The summed E-state index contributed by atoms with van der Waals surface area (Å²) >= 11 is 0. The molecular formula is C14H27NO4S. The second-order valence-electron chi connectivity index (χ2n) is 6.22. The molecule has 0 aromatic carbocycles. The summed E-state index contributed by atoms with van der Waals surface area (Å²) in [5, 5.41) is 3.23. The maximum Gasteiger partial charge on any atom is 0.306 e. The van der Waals surface area contributed by atoms with Crippen LogP contribution >= 0.6 is 0 Å². The van der Waals surface area contributed by atoms with Gasteiger partial charge in [-0.05, 0) is 30.7 Å². The van der Waals surface area contributed by atoms with E-state index >= 15 is 0 Å². The predicted octanol–water partition coefficient (Wildman–Crippen LogP) is 1.38. The Kier molecular flexibility index (Phi) is 6.01. The maximum atomic E-state index is 12.4. The molecule has 0 amide bonds. The molecule has 1 atom stereocenters. The minimum Gasteiger partial charge on any atom is -0.469 e. The number of esters is 1. The van der Waals surface area contributed by atoms with Gasteiger partial charge < -0.3 is 10.1 Å². The molecule has 0 aromatic rings. The van der Waals surface area contributed by atoms with Gasteiger partial charge in [0.05, 0.1) is 25.0 Å². The van der Waals surface area contributed by atoms with Crippen LogP contribution < -0.4 is 5.32 Å². The van der Waals surface area contributed by atoms with Crippen molar-refractivity contribution in [3.63, 3.8) is 0 Å². The lowest BCUT2D eigenvalue weighted by Crippen LogP contribution is -2.41. The van der Waals surface area contributed by atoms with Gasteiger partial charge in [0.15, 0.2) is 9.84 Å². The van der Waals surface area contributed by atoms with E-state index in [1.54, 1.807) is 0 Å². The zero-order valence-corrected chi connectivity index (χ0v) is 13.8. The monoisotopic (exact) mass is 305 g/mol. The fourth-order valence-corrected chi connectivity index (χ4v) is 4.97. The van der Waals surface area contributed by atoms with Crippen LogP contribution in [0.1, 0.15) is 40.0 Å². The Morgan fingerprint density at radius 1 is 1.35 bits per heavy atom. The second-order valence-corrected chi connectivity index (χ2v) is 8.32. The minimum atomic E-state index is -3.17. The molecule has 6 heteroatoms. The van der Waals surface area contributed by atoms with Crippen molar-refractivity contribution < 1.29 is 17.9 Å². The first-order chi connectivity index (χ1) is 9.23. The number of nitrogens with one attached hydrogen (secondary N) is 1. The van der Waals surface area contributed by atoms with E-state index in [0.717, 1.165) is 19.4 Å². The lowest BCUT2D eigenvalue weighted by molar-refractivity contribution is -0.141. The molecule has 1 aliphatic rings. The molecule has 5 nitrogen and oxygen atoms in total. The standard InChI is InChI=1S/C14H27NO4S/c1-5-15-12(11(2)3)9-20(17,18)10-14(6-7-14)8-13(16)19-4/h11-12,15H,5-10H2,1-4H3. The van der Waals surface area contributed by atoms with Gasteiger partial charge in [-0.25, -0.2) is 8.42 Å². The molecule has 20 heavy (non-hydrogen) atoms. The molecule has 0 aliphatic heterocycles. The highest BCUT2D eigenvalue weighted by Gasteiger charge is 2.48. The lowest BCUT2D eigenvalue weighted by atomic mass is 10.1. The molecule has 1 N–H and O–H groups in total. The summed E-state index contributed by atoms with van der Waals surface area (Å²) in [7, 11) is -1.83. The van der Waals surface area contributed by atoms with Crippen LogP contribution in [0, 0.1) is 11.3 Å². The van der Waals surface area contributed by atoms with Gasteiger partial charge in [-0.1, -0.05) is 20.8 Å². The molecule has 1 rings (SSSR count). The van der Waals surface area contributed by atoms with Crippen molar-refractivity contribution in [2.75, 3.05) is 25.2 Å². The lowest BCUT2D eigenvalue weighted by Gasteiger charge is -2.23. The highest BCUT2D eigenvalue weighted by Crippen LogP contribution is 2.50. The van der Waals surface area contributed by atoms with E-state index in [9.17, 15) is 13.2 Å². The number of hydrogen-bond acceptors (Lipinski definition) is 5. The van der Waals surface area contributed by atoms with Crippen molar-refractivity contribution in [2.45, 2.75) is 46.1 Å². The number of sulfone groups is 1. The average molecular weight is 305 g/mol. The van der Waals surface area contributed by atoms with E-state index in [0.29, 0.717) is 0 Å². The van der Waals surface area contributed by atoms with Gasteiger partial charge in [-0.2, -0.15) is 0 Å². The molecule has 1 unspecified atom stereocenters. The highest BCUT2D eigenvalue weighted by atomic mass is 32.2. The Hall–Kier alpha value is -0.620. The summed E-state index contributed by atoms with van der Waals surface area (Å²) in [5.41, 5.74) is -0.361. The molecule has 0 bridgehead atoms. The Bertz CT molecular complexity index is 426. The number of methoxy groups -OCH3 is 1. The van der Waals surface area contributed by atoms with E-state index in [1.807, 2.05) is 20.8 Å². The molecule has 0 aromatic heterocycles. The first-order valence-corrected chi connectivity index (χ1v) is 9.06. The van der Waals surface area contributed by atoms with Crippen molar-refractivity contribution in [3.05, 3.63) is 0 Å². The summed E-state index contributed by atoms with van der Waals surface area (Å²) in [5.74, 6) is 0.191. The largest absolute Gasteiger partial charge is 0.469 e. The van der Waals surface area contributed by atoms with Crippen molar-refractivity contribution in [2.24, 2.45) is 11.3 Å². The van der Waals surface area contributed by atoms with Crippen LogP contribution in [0.2, 0.25) is 0 Å². The third-order valence-corrected chi connectivity index (χ3v) is 5.85. The van der Waals surface area contributed by atoms with Gasteiger partial charge >= 0.3 is 5.97 Å². The van der Waals surface area contributed by atoms with Gasteiger partial charge in [-0.3, -0.25) is 4.79 Å². The van der Waals surface area contributed by atoms with E-state index in [4.69, 9.17) is 0 Å². The average Bonchev–Trinajstić information content (AvgIpc) is 3.06. The number of carbonyl (C=O) groups is 1. The van der Waals surface area contributed by atoms with Crippen molar-refractivity contribution >= 4 is 15.8 Å². The molecule has 118 valence electrons. The van der Waals surface area contributed by atoms with Crippen LogP contribution in [0.4, 0.5) is 0 Å². The second kappa shape index (κ2) is 6.89. The van der Waals surface area contributed by atoms with Crippen LogP contribution in [0.15, 0.2) is 0 Å². The zero-order chi connectivity index (χ0) is 15.4. The van der Waals surface area contributed by atoms with E-state index < -0.39 is 9.84 Å². The molecule has 1 fully saturated rings. The number of carbonyl (C=O) groups excluding carboxylic acids is 1. The Balaban J connectivity index is 2.63. The Labute approximate surface area is 122 Å². The van der Waals surface area contributed by atoms with Crippen molar-refractivity contribution in [1.82, 2.24) is 5.32 Å². The zero-order valence-electron chi connectivity index (χ0n) is 12.9. The third kappa shape index (κ3) is 5.40. The van der Waals surface area contributed by atoms with Crippen LogP contribution in [-0.4, -0.2) is 45.6 Å². The van der Waals surface area contributed by atoms with E-state index in [1.165, 1.54) is 7.11 Å². The molecule has 0 radical (unpaired) electrons. The molecule has 1 aliphatic carbocycles. The van der Waals surface area contributed by atoms with Gasteiger partial charge in [0.25, 0.3) is 0 Å². The van der Waals surface area contributed by atoms with Gasteiger partial charge in [-0.15, -0.1) is 0 Å². The summed E-state index contributed by atoms with van der Waals surface area (Å²) in [6, 6.07) is -0.0288. The first-order valence-electron chi connectivity index (χ1n) is 7.24. The van der Waals surface area contributed by atoms with Crippen LogP contribution in [-0.2, 0) is 19.4 Å². The smallest absolute Gasteiger partial charge is 0.306 e. The predicted molar refractivity (Wildman–Crippen MR) is 79.3 cm³/mol. The Morgan fingerprint density at radius 2 is 1.95 bits per heavy atom. The molecule has 0 saturated heterocycles. The van der Waals surface area contributed by atoms with Crippen LogP contribution in [0.5, 0.6) is 0 Å². The van der Waals surface area contributed by atoms with E-state index in [-0.39, 0.29) is 41.3 Å². The normalized spacial score (nSPS) is 18.9. The summed E-state index contributed by atoms with van der Waals surface area (Å²) in [6.07, 6.45) is 1.82. The van der Waals surface area contributed by atoms with Gasteiger partial charge in [0.2, 0.25) is 0 Å². The van der Waals surface area contributed by atoms with Crippen molar-refractivity contribution in [1.29, 1.82) is 0 Å². The summed E-state index contributed by atoms with van der Waals surface area (Å²) in [4.78, 5) is 11.4. The number of hydrogen-bond donors (Lipinski definition) is 1. The molecular weight excluding hydrogens is 278 g/mol. The molecule has 0 spiro atoms. The first kappa shape index (κ1) is 17.4. The van der Waals surface area contributed by atoms with Gasteiger partial charge in [0, 0.05) is 6.04 Å². The highest BCUT2D eigenvalue weighted by molar-refractivity contribution is 7.91. The van der Waals surface area contributed by atoms with E-state index in [2.05, 4.69) is 10.1 Å². The number of rotatable bonds is 9. The third-order valence-electron chi connectivity index (χ3n) is 3.93. The summed E-state index contributed by atoms with van der Waals surface area (Å²) in [6.45, 7) is 6.77. The molecule has 1 saturated carbocycles. The maximum absolute atomic E-state index is 12.4. The fourth-order valence-electron chi connectivity index (χ4n) is 2.48. The van der Waals surface area contributed by atoms with Crippen molar-refractivity contribution in [3.8, 4) is 0 Å². The quantitative estimate of drug-likeness (QED) is 0.652. The molecule has 0 heterocycles. The summed E-state index contributed by atoms with van der Waals surface area (Å²) < 4.78 is 29.4. The topological polar surface area (TPSA) is 72.5 Å². The minimum absolute atomic E-state index is 0.0288.